The van der Waals surface area contributed by atoms with Crippen LogP contribution in [0.15, 0.2) is 18.2 Å². The van der Waals surface area contributed by atoms with Crippen LogP contribution in [0, 0.1) is 27.9 Å². The Morgan fingerprint density at radius 1 is 1.09 bits per heavy atom. The summed E-state index contributed by atoms with van der Waals surface area (Å²) in [6.45, 7) is 1.30. The third-order valence-electron chi connectivity index (χ3n) is 7.77. The van der Waals surface area contributed by atoms with E-state index in [4.69, 9.17) is 9.47 Å². The number of nitrogens with one attached hydrogen (secondary N) is 2. The summed E-state index contributed by atoms with van der Waals surface area (Å²) in [6.07, 6.45) is 6.57. The molecule has 188 valence electrons. The number of carbonyl (C=O) groups excluding carboxylic acids is 3. The molecule has 35 heavy (non-hydrogen) atoms. The molecule has 1 aromatic carbocycles. The average Bonchev–Trinajstić information content (AvgIpc) is 2.81. The van der Waals surface area contributed by atoms with E-state index >= 15 is 0 Å². The van der Waals surface area contributed by atoms with Gasteiger partial charge in [-0.2, -0.15) is 0 Å². The van der Waals surface area contributed by atoms with Crippen molar-refractivity contribution in [3.05, 3.63) is 33.9 Å². The van der Waals surface area contributed by atoms with Crippen LogP contribution in [0.25, 0.3) is 0 Å². The van der Waals surface area contributed by atoms with Crippen molar-refractivity contribution >= 4 is 29.3 Å². The van der Waals surface area contributed by atoms with Gasteiger partial charge in [-0.15, -0.1) is 0 Å². The number of esters is 1. The van der Waals surface area contributed by atoms with Gasteiger partial charge in [-0.25, -0.2) is 9.59 Å². The van der Waals surface area contributed by atoms with Gasteiger partial charge in [0.1, 0.15) is 0 Å². The number of nitrogens with zero attached hydrogens (tertiary/aromatic N) is 2. The lowest BCUT2D eigenvalue weighted by molar-refractivity contribution is -0.384. The predicted octanol–water partition coefficient (Wildman–Crippen LogP) is 2.38. The van der Waals surface area contributed by atoms with Crippen molar-refractivity contribution in [1.82, 2.24) is 10.6 Å². The number of nitro benzene ring substituents is 1. The summed E-state index contributed by atoms with van der Waals surface area (Å²) in [5, 5.41) is 16.5. The molecule has 5 aliphatic rings. The Morgan fingerprint density at radius 2 is 1.71 bits per heavy atom. The topological polar surface area (TPSA) is 140 Å². The second-order valence-corrected chi connectivity index (χ2v) is 10.3. The number of rotatable bonds is 6. The minimum absolute atomic E-state index is 0.00748. The summed E-state index contributed by atoms with van der Waals surface area (Å²) in [5.41, 5.74) is -0.0321. The minimum atomic E-state index is -0.869. The zero-order chi connectivity index (χ0) is 24.6. The highest BCUT2D eigenvalue weighted by molar-refractivity contribution is 5.99. The molecule has 0 aromatic heterocycles. The number of anilines is 1. The molecule has 3 amide bonds. The van der Waals surface area contributed by atoms with E-state index in [9.17, 15) is 24.5 Å². The second-order valence-electron chi connectivity index (χ2n) is 10.3. The maximum atomic E-state index is 12.8. The number of morpholine rings is 1. The van der Waals surface area contributed by atoms with Gasteiger partial charge in [0.15, 0.2) is 6.61 Å². The second kappa shape index (κ2) is 9.44. The number of hydrogen-bond donors (Lipinski definition) is 2. The largest absolute Gasteiger partial charge is 0.452 e. The van der Waals surface area contributed by atoms with E-state index < -0.39 is 29.4 Å². The number of nitro groups is 1. The number of amides is 3. The monoisotopic (exact) mass is 486 g/mol. The van der Waals surface area contributed by atoms with Gasteiger partial charge in [0, 0.05) is 30.8 Å². The summed E-state index contributed by atoms with van der Waals surface area (Å²) in [4.78, 5) is 50.2. The molecule has 11 heteroatoms. The Kier molecular flexibility index (Phi) is 6.35. The first-order chi connectivity index (χ1) is 16.8. The molecule has 1 aromatic rings. The van der Waals surface area contributed by atoms with E-state index in [1.807, 2.05) is 4.90 Å². The van der Waals surface area contributed by atoms with Gasteiger partial charge in [-0.1, -0.05) is 0 Å². The predicted molar refractivity (Wildman–Crippen MR) is 124 cm³/mol. The fourth-order valence-corrected chi connectivity index (χ4v) is 6.79. The van der Waals surface area contributed by atoms with Crippen molar-refractivity contribution in [1.29, 1.82) is 0 Å². The molecule has 0 atom stereocenters. The van der Waals surface area contributed by atoms with Crippen molar-refractivity contribution in [2.75, 3.05) is 37.8 Å². The molecule has 4 aliphatic carbocycles. The standard InChI is InChI=1S/C24H30N4O7/c29-21(25-23(31)26-24-11-15-7-16(12-24)9-17(8-15)13-24)14-35-22(30)19-10-18(28(32)33)1-2-20(19)27-3-5-34-6-4-27/h1-2,10,15-17H,3-9,11-14H2,(H2,25,26,29,31). The maximum absolute atomic E-state index is 12.8. The lowest BCUT2D eigenvalue weighted by atomic mass is 9.53. The van der Waals surface area contributed by atoms with Crippen LogP contribution < -0.4 is 15.5 Å². The number of ether oxygens (including phenoxy) is 2. The third kappa shape index (κ3) is 5.09. The first-order valence-corrected chi connectivity index (χ1v) is 12.2. The minimum Gasteiger partial charge on any atom is -0.452 e. The first-order valence-electron chi connectivity index (χ1n) is 12.2. The van der Waals surface area contributed by atoms with Gasteiger partial charge in [0.25, 0.3) is 11.6 Å². The van der Waals surface area contributed by atoms with Gasteiger partial charge in [-0.05, 0) is 62.3 Å². The van der Waals surface area contributed by atoms with Crippen molar-refractivity contribution in [2.45, 2.75) is 44.1 Å². The van der Waals surface area contributed by atoms with Crippen molar-refractivity contribution in [3.63, 3.8) is 0 Å². The molecule has 1 saturated heterocycles. The van der Waals surface area contributed by atoms with Gasteiger partial charge >= 0.3 is 12.0 Å². The van der Waals surface area contributed by atoms with Crippen LogP contribution in [-0.4, -0.2) is 61.3 Å². The lowest BCUT2D eigenvalue weighted by Gasteiger charge is -2.56. The van der Waals surface area contributed by atoms with Gasteiger partial charge in [0.2, 0.25) is 0 Å². The number of carbonyl (C=O) groups is 3. The van der Waals surface area contributed by atoms with Gasteiger partial charge in [0.05, 0.1) is 29.4 Å². The molecule has 1 aliphatic heterocycles. The molecule has 11 nitrogen and oxygen atoms in total. The molecular weight excluding hydrogens is 456 g/mol. The lowest BCUT2D eigenvalue weighted by Crippen LogP contribution is -2.62. The Morgan fingerprint density at radius 3 is 2.31 bits per heavy atom. The molecule has 0 radical (unpaired) electrons. The number of imide groups is 1. The highest BCUT2D eigenvalue weighted by Crippen LogP contribution is 2.55. The molecule has 2 N–H and O–H groups in total. The molecule has 1 heterocycles. The van der Waals surface area contributed by atoms with E-state index in [1.165, 1.54) is 31.4 Å². The zero-order valence-corrected chi connectivity index (χ0v) is 19.5. The summed E-state index contributed by atoms with van der Waals surface area (Å²) in [5.74, 6) is 0.321. The molecule has 0 spiro atoms. The Balaban J connectivity index is 1.18. The van der Waals surface area contributed by atoms with Crippen molar-refractivity contribution in [3.8, 4) is 0 Å². The van der Waals surface area contributed by atoms with E-state index in [-0.39, 0.29) is 16.8 Å². The molecule has 4 bridgehead atoms. The zero-order valence-electron chi connectivity index (χ0n) is 19.5. The quantitative estimate of drug-likeness (QED) is 0.355. The van der Waals surface area contributed by atoms with Crippen LogP contribution in [0.2, 0.25) is 0 Å². The third-order valence-corrected chi connectivity index (χ3v) is 7.77. The van der Waals surface area contributed by atoms with Crippen molar-refractivity contribution in [2.24, 2.45) is 17.8 Å². The normalized spacial score (nSPS) is 28.9. The number of hydrogen-bond acceptors (Lipinski definition) is 8. The first kappa shape index (κ1) is 23.5. The van der Waals surface area contributed by atoms with Gasteiger partial charge in [-0.3, -0.25) is 20.2 Å². The highest BCUT2D eigenvalue weighted by atomic mass is 16.6. The fraction of sp³-hybridized carbons (Fsp3) is 0.625. The van der Waals surface area contributed by atoms with Gasteiger partial charge < -0.3 is 19.7 Å². The summed E-state index contributed by atoms with van der Waals surface area (Å²) in [7, 11) is 0. The van der Waals surface area contributed by atoms with Crippen molar-refractivity contribution < 1.29 is 28.8 Å². The summed E-state index contributed by atoms with van der Waals surface area (Å²) >= 11 is 0. The van der Waals surface area contributed by atoms with Crippen LogP contribution >= 0.6 is 0 Å². The van der Waals surface area contributed by atoms with E-state index in [0.29, 0.717) is 49.7 Å². The molecule has 6 rings (SSSR count). The molecule has 5 fully saturated rings. The summed E-state index contributed by atoms with van der Waals surface area (Å²) in [6, 6.07) is 3.39. The van der Waals surface area contributed by atoms with E-state index in [2.05, 4.69) is 10.6 Å². The number of urea groups is 1. The van der Waals surface area contributed by atoms with Crippen LogP contribution in [0.4, 0.5) is 16.2 Å². The maximum Gasteiger partial charge on any atom is 0.341 e. The SMILES string of the molecule is O=C(COC(=O)c1cc([N+](=O)[O-])ccc1N1CCOCC1)NC(=O)NC12CC3CC(CC(C3)C1)C2. The highest BCUT2D eigenvalue weighted by Gasteiger charge is 2.51. The van der Waals surface area contributed by atoms with Crippen LogP contribution in [0.5, 0.6) is 0 Å². The van der Waals surface area contributed by atoms with Crippen LogP contribution in [0.1, 0.15) is 48.9 Å². The fourth-order valence-electron chi connectivity index (χ4n) is 6.79. The smallest absolute Gasteiger partial charge is 0.341 e. The molecular formula is C24H30N4O7. The Bertz CT molecular complexity index is 1000. The Hall–Kier alpha value is -3.21. The Labute approximate surface area is 202 Å². The average molecular weight is 487 g/mol. The molecule has 4 saturated carbocycles. The number of benzene rings is 1. The number of non-ortho nitro benzene ring substituents is 1. The molecule has 0 unspecified atom stereocenters. The van der Waals surface area contributed by atoms with E-state index in [0.717, 1.165) is 25.3 Å². The summed E-state index contributed by atoms with van der Waals surface area (Å²) < 4.78 is 10.5. The van der Waals surface area contributed by atoms with E-state index in [1.54, 1.807) is 0 Å². The van der Waals surface area contributed by atoms with Crippen LogP contribution in [0.3, 0.4) is 0 Å². The van der Waals surface area contributed by atoms with Crippen LogP contribution in [-0.2, 0) is 14.3 Å².